The van der Waals surface area contributed by atoms with Gasteiger partial charge in [0.15, 0.2) is 0 Å². The molecule has 1 aromatic carbocycles. The zero-order valence-electron chi connectivity index (χ0n) is 10.7. The van der Waals surface area contributed by atoms with Crippen LogP contribution in [0.1, 0.15) is 25.3 Å². The monoisotopic (exact) mass is 250 g/mol. The van der Waals surface area contributed by atoms with Gasteiger partial charge in [-0.2, -0.15) is 0 Å². The maximum Gasteiger partial charge on any atom is 0.310 e. The number of aliphatic carboxylic acids is 1. The molecule has 1 heterocycles. The molecule has 1 N–H and O–H groups in total. The molecule has 1 atom stereocenters. The van der Waals surface area contributed by atoms with Crippen molar-refractivity contribution in [2.75, 3.05) is 19.8 Å². The van der Waals surface area contributed by atoms with Crippen LogP contribution in [0.4, 0.5) is 0 Å². The first-order valence-corrected chi connectivity index (χ1v) is 6.03. The Hall–Kier alpha value is -1.55. The summed E-state index contributed by atoms with van der Waals surface area (Å²) in [5.41, 5.74) is 0.851. The number of benzene rings is 1. The van der Waals surface area contributed by atoms with E-state index in [2.05, 4.69) is 6.92 Å². The third kappa shape index (κ3) is 2.82. The molecule has 4 heteroatoms. The van der Waals surface area contributed by atoms with Crippen LogP contribution in [-0.4, -0.2) is 30.9 Å². The Bertz CT molecular complexity index is 437. The summed E-state index contributed by atoms with van der Waals surface area (Å²) in [7, 11) is 0. The molecule has 18 heavy (non-hydrogen) atoms. The lowest BCUT2D eigenvalue weighted by molar-refractivity contribution is -0.138. The fourth-order valence-corrected chi connectivity index (χ4v) is 1.81. The Morgan fingerprint density at radius 3 is 2.83 bits per heavy atom. The van der Waals surface area contributed by atoms with Crippen LogP contribution in [0.2, 0.25) is 0 Å². The van der Waals surface area contributed by atoms with Crippen LogP contribution in [0.25, 0.3) is 0 Å². The first-order valence-electron chi connectivity index (χ1n) is 6.03. The Morgan fingerprint density at radius 2 is 2.28 bits per heavy atom. The summed E-state index contributed by atoms with van der Waals surface area (Å²) in [5.74, 6) is -0.628. The van der Waals surface area contributed by atoms with Gasteiger partial charge in [-0.1, -0.05) is 19.1 Å². The van der Waals surface area contributed by atoms with E-state index >= 15 is 0 Å². The number of carboxylic acid groups (broad SMARTS) is 1. The van der Waals surface area contributed by atoms with Crippen molar-refractivity contribution < 1.29 is 19.4 Å². The van der Waals surface area contributed by atoms with Crippen LogP contribution in [0.5, 0.6) is 5.75 Å². The molecule has 0 bridgehead atoms. The van der Waals surface area contributed by atoms with Crippen LogP contribution >= 0.6 is 0 Å². The van der Waals surface area contributed by atoms with Crippen molar-refractivity contribution in [3.63, 3.8) is 0 Å². The fraction of sp³-hybridized carbons (Fsp3) is 0.500. The smallest absolute Gasteiger partial charge is 0.310 e. The van der Waals surface area contributed by atoms with E-state index in [9.17, 15) is 4.79 Å². The molecular weight excluding hydrogens is 232 g/mol. The molecule has 0 radical (unpaired) electrons. The first-order chi connectivity index (χ1) is 8.50. The second-order valence-electron chi connectivity index (χ2n) is 5.22. The van der Waals surface area contributed by atoms with Crippen molar-refractivity contribution in [1.29, 1.82) is 0 Å². The number of carbonyl (C=O) groups is 1. The SMILES string of the molecule is CC(C(=O)O)c1cccc(OCC2(C)COC2)c1. The summed E-state index contributed by atoms with van der Waals surface area (Å²) in [5, 5.41) is 8.98. The van der Waals surface area contributed by atoms with E-state index in [1.54, 1.807) is 19.1 Å². The van der Waals surface area contributed by atoms with E-state index in [1.165, 1.54) is 0 Å². The summed E-state index contributed by atoms with van der Waals surface area (Å²) in [6.45, 7) is 5.82. The van der Waals surface area contributed by atoms with Gasteiger partial charge in [0, 0.05) is 5.41 Å². The highest BCUT2D eigenvalue weighted by atomic mass is 16.5. The second-order valence-corrected chi connectivity index (χ2v) is 5.22. The standard InChI is InChI=1S/C14H18O4/c1-10(13(15)16)11-4-3-5-12(6-11)18-9-14(2)7-17-8-14/h3-6,10H,7-9H2,1-2H3,(H,15,16). The zero-order valence-corrected chi connectivity index (χ0v) is 10.7. The molecule has 1 aliphatic rings. The average Bonchev–Trinajstić information content (AvgIpc) is 2.33. The predicted molar refractivity (Wildman–Crippen MR) is 66.9 cm³/mol. The van der Waals surface area contributed by atoms with Crippen molar-refractivity contribution in [3.05, 3.63) is 29.8 Å². The highest BCUT2D eigenvalue weighted by molar-refractivity contribution is 5.75. The zero-order chi connectivity index (χ0) is 13.2. The number of carboxylic acids is 1. The molecule has 2 rings (SSSR count). The molecule has 1 aliphatic heterocycles. The topological polar surface area (TPSA) is 55.8 Å². The van der Waals surface area contributed by atoms with Crippen molar-refractivity contribution in [2.45, 2.75) is 19.8 Å². The summed E-state index contributed by atoms with van der Waals surface area (Å²) in [4.78, 5) is 10.9. The normalized spacial score (nSPS) is 18.8. The van der Waals surface area contributed by atoms with Crippen molar-refractivity contribution >= 4 is 5.97 Å². The van der Waals surface area contributed by atoms with Crippen molar-refractivity contribution in [1.82, 2.24) is 0 Å². The van der Waals surface area contributed by atoms with Gasteiger partial charge in [0.2, 0.25) is 0 Å². The molecule has 0 spiro atoms. The van der Waals surface area contributed by atoms with Crippen LogP contribution in [0.3, 0.4) is 0 Å². The number of hydrogen-bond donors (Lipinski definition) is 1. The van der Waals surface area contributed by atoms with Gasteiger partial charge in [-0.15, -0.1) is 0 Å². The largest absolute Gasteiger partial charge is 0.493 e. The van der Waals surface area contributed by atoms with E-state index < -0.39 is 11.9 Å². The van der Waals surface area contributed by atoms with Gasteiger partial charge in [0.1, 0.15) is 5.75 Å². The summed E-state index contributed by atoms with van der Waals surface area (Å²) >= 11 is 0. The molecule has 4 nitrogen and oxygen atoms in total. The minimum absolute atomic E-state index is 0.0917. The van der Waals surface area contributed by atoms with E-state index in [0.717, 1.165) is 18.8 Å². The van der Waals surface area contributed by atoms with Crippen molar-refractivity contribution in [3.8, 4) is 5.75 Å². The molecule has 0 aliphatic carbocycles. The van der Waals surface area contributed by atoms with Crippen molar-refractivity contribution in [2.24, 2.45) is 5.41 Å². The van der Waals surface area contributed by atoms with Gasteiger partial charge in [0.05, 0.1) is 25.7 Å². The Morgan fingerprint density at radius 1 is 1.56 bits per heavy atom. The third-order valence-corrected chi connectivity index (χ3v) is 3.22. The number of rotatable bonds is 5. The van der Waals surface area contributed by atoms with Gasteiger partial charge in [-0.05, 0) is 24.6 Å². The lowest BCUT2D eigenvalue weighted by atomic mass is 9.90. The third-order valence-electron chi connectivity index (χ3n) is 3.22. The first kappa shape index (κ1) is 12.9. The molecule has 1 saturated heterocycles. The van der Waals surface area contributed by atoms with Crippen LogP contribution in [0.15, 0.2) is 24.3 Å². The molecule has 1 fully saturated rings. The van der Waals surface area contributed by atoms with Gasteiger partial charge >= 0.3 is 5.97 Å². The highest BCUT2D eigenvalue weighted by Gasteiger charge is 2.34. The van der Waals surface area contributed by atoms with Gasteiger partial charge in [-0.3, -0.25) is 4.79 Å². The Kier molecular flexibility index (Phi) is 3.57. The molecule has 1 unspecified atom stereocenters. The molecular formula is C14H18O4. The number of ether oxygens (including phenoxy) is 2. The van der Waals surface area contributed by atoms with E-state index in [4.69, 9.17) is 14.6 Å². The second kappa shape index (κ2) is 4.98. The summed E-state index contributed by atoms with van der Waals surface area (Å²) < 4.78 is 10.9. The molecule has 1 aromatic rings. The summed E-state index contributed by atoms with van der Waals surface area (Å²) in [6, 6.07) is 7.27. The highest BCUT2D eigenvalue weighted by Crippen LogP contribution is 2.28. The quantitative estimate of drug-likeness (QED) is 0.871. The lowest BCUT2D eigenvalue weighted by Crippen LogP contribution is -2.44. The molecule has 0 amide bonds. The van der Waals surface area contributed by atoms with Crippen LogP contribution in [0, 0.1) is 5.41 Å². The van der Waals surface area contributed by atoms with Crippen LogP contribution in [-0.2, 0) is 9.53 Å². The molecule has 0 saturated carbocycles. The Balaban J connectivity index is 2.00. The van der Waals surface area contributed by atoms with Gasteiger partial charge in [-0.25, -0.2) is 0 Å². The molecule has 0 aromatic heterocycles. The maximum absolute atomic E-state index is 10.9. The van der Waals surface area contributed by atoms with E-state index in [-0.39, 0.29) is 5.41 Å². The fourth-order valence-electron chi connectivity index (χ4n) is 1.81. The minimum Gasteiger partial charge on any atom is -0.493 e. The van der Waals surface area contributed by atoms with Crippen LogP contribution < -0.4 is 4.74 Å². The average molecular weight is 250 g/mol. The lowest BCUT2D eigenvalue weighted by Gasteiger charge is -2.37. The maximum atomic E-state index is 10.9. The van der Waals surface area contributed by atoms with E-state index in [1.807, 2.05) is 12.1 Å². The Labute approximate surface area is 107 Å². The van der Waals surface area contributed by atoms with Gasteiger partial charge < -0.3 is 14.6 Å². The van der Waals surface area contributed by atoms with Gasteiger partial charge in [0.25, 0.3) is 0 Å². The minimum atomic E-state index is -0.827. The molecule has 98 valence electrons. The number of hydrogen-bond acceptors (Lipinski definition) is 3. The predicted octanol–water partition coefficient (Wildman–Crippen LogP) is 2.29. The van der Waals surface area contributed by atoms with E-state index in [0.29, 0.717) is 12.4 Å². The summed E-state index contributed by atoms with van der Waals surface area (Å²) in [6.07, 6.45) is 0.